The second kappa shape index (κ2) is 10.9. The Kier molecular flexibility index (Phi) is 7.46. The Morgan fingerprint density at radius 2 is 2.02 bits per heavy atom. The van der Waals surface area contributed by atoms with E-state index in [2.05, 4.69) is 31.0 Å². The van der Waals surface area contributed by atoms with Gasteiger partial charge in [-0.05, 0) is 43.8 Å². The van der Waals surface area contributed by atoms with Crippen molar-refractivity contribution in [3.8, 4) is 0 Å². The molecule has 3 atom stereocenters. The summed E-state index contributed by atoms with van der Waals surface area (Å²) in [5.74, 6) is -3.89. The minimum absolute atomic E-state index is 0.00822. The van der Waals surface area contributed by atoms with Crippen molar-refractivity contribution in [3.05, 3.63) is 41.1 Å². The molecule has 18 heteroatoms. The van der Waals surface area contributed by atoms with E-state index < -0.39 is 60.9 Å². The number of nitrogens with one attached hydrogen (secondary N) is 2. The summed E-state index contributed by atoms with van der Waals surface area (Å²) in [7, 11) is 1.36. The molecule has 13 nitrogen and oxygen atoms in total. The van der Waals surface area contributed by atoms with E-state index in [1.165, 1.54) is 37.0 Å². The Morgan fingerprint density at radius 1 is 1.27 bits per heavy atom. The molecule has 4 heterocycles. The summed E-state index contributed by atoms with van der Waals surface area (Å²) in [5.41, 5.74) is -1.44. The molecular formula is C26H29F5N8O5. The maximum atomic E-state index is 14.2. The molecule has 3 amide bonds. The smallest absolute Gasteiger partial charge is 0.382 e. The van der Waals surface area contributed by atoms with Crippen molar-refractivity contribution in [3.63, 3.8) is 0 Å². The number of ether oxygens (including phenoxy) is 2. The van der Waals surface area contributed by atoms with Crippen LogP contribution in [0.3, 0.4) is 0 Å². The van der Waals surface area contributed by atoms with Crippen LogP contribution in [0.1, 0.15) is 78.0 Å². The minimum atomic E-state index is -4.62. The van der Waals surface area contributed by atoms with Gasteiger partial charge in [0.1, 0.15) is 5.69 Å². The Hall–Kier alpha value is -3.93. The van der Waals surface area contributed by atoms with Crippen LogP contribution < -0.4 is 10.6 Å². The predicted molar refractivity (Wildman–Crippen MR) is 138 cm³/mol. The summed E-state index contributed by atoms with van der Waals surface area (Å²) in [6, 6.07) is -1.36. The fraction of sp³-hybridized carbons (Fsp3) is 0.615. The van der Waals surface area contributed by atoms with Gasteiger partial charge in [-0.2, -0.15) is 18.3 Å². The number of nitrogens with zero attached hydrogens (tertiary/aromatic N) is 6. The molecule has 3 unspecified atom stereocenters. The molecule has 2 N–H and O–H groups in total. The fourth-order valence-electron chi connectivity index (χ4n) is 5.33. The monoisotopic (exact) mass is 628 g/mol. The lowest BCUT2D eigenvalue weighted by molar-refractivity contribution is -0.249. The van der Waals surface area contributed by atoms with Gasteiger partial charge in [-0.3, -0.25) is 4.79 Å². The largest absolute Gasteiger partial charge is 0.417 e. The van der Waals surface area contributed by atoms with Gasteiger partial charge in [-0.15, -0.1) is 0 Å². The third-order valence-corrected chi connectivity index (χ3v) is 8.01. The average Bonchev–Trinajstić information content (AvgIpc) is 3.87. The zero-order chi connectivity index (χ0) is 31.4. The number of alkyl halides is 5. The number of hydrogen-bond donors (Lipinski definition) is 2. The molecule has 44 heavy (non-hydrogen) atoms. The first-order valence-corrected chi connectivity index (χ1v) is 14.0. The van der Waals surface area contributed by atoms with Crippen molar-refractivity contribution >= 4 is 17.6 Å². The van der Waals surface area contributed by atoms with Gasteiger partial charge in [0.05, 0.1) is 56.0 Å². The number of methoxy groups -OCH3 is 1. The molecule has 6 rings (SSSR count). The molecular weight excluding hydrogens is 599 g/mol. The van der Waals surface area contributed by atoms with Gasteiger partial charge in [0, 0.05) is 18.6 Å². The predicted octanol–water partition coefficient (Wildman–Crippen LogP) is 3.31. The highest BCUT2D eigenvalue weighted by Gasteiger charge is 2.65. The van der Waals surface area contributed by atoms with Gasteiger partial charge in [-0.25, -0.2) is 27.7 Å². The van der Waals surface area contributed by atoms with Crippen LogP contribution in [0.15, 0.2) is 23.1 Å². The Balaban J connectivity index is 1.32. The van der Waals surface area contributed by atoms with Crippen molar-refractivity contribution < 1.29 is 45.6 Å². The van der Waals surface area contributed by atoms with Crippen LogP contribution in [-0.4, -0.2) is 92.4 Å². The number of imidazole rings is 1. The first kappa shape index (κ1) is 30.1. The molecule has 3 fully saturated rings. The lowest BCUT2D eigenvalue weighted by Gasteiger charge is -2.38. The van der Waals surface area contributed by atoms with Crippen LogP contribution in [0.2, 0.25) is 0 Å². The molecule has 238 valence electrons. The normalized spacial score (nSPS) is 21.5. The van der Waals surface area contributed by atoms with Gasteiger partial charge in [-0.1, -0.05) is 5.16 Å². The average molecular weight is 629 g/mol. The number of urea groups is 1. The van der Waals surface area contributed by atoms with E-state index in [0.717, 1.165) is 17.7 Å². The highest BCUT2D eigenvalue weighted by atomic mass is 19.4. The van der Waals surface area contributed by atoms with Crippen LogP contribution in [0.5, 0.6) is 0 Å². The molecule has 3 aliphatic rings. The Morgan fingerprint density at radius 3 is 2.68 bits per heavy atom. The highest BCUT2D eigenvalue weighted by Crippen LogP contribution is 2.53. The molecule has 3 aromatic heterocycles. The number of hydrogen-bond acceptors (Lipinski definition) is 9. The van der Waals surface area contributed by atoms with Gasteiger partial charge in [0.2, 0.25) is 0 Å². The topological polar surface area (TPSA) is 149 Å². The molecule has 3 aromatic rings. The summed E-state index contributed by atoms with van der Waals surface area (Å²) in [6.07, 6.45) is -1.92. The minimum Gasteiger partial charge on any atom is -0.382 e. The SMILES string of the molecule is COCC(c1cnn2cc(C(NC(=O)c3nonc3C3CC3)C(C)OC3(C(F)(F)F)CC3)nc2c1)N1CC(F)(F)CNC1=O. The van der Waals surface area contributed by atoms with Gasteiger partial charge in [0.15, 0.2) is 16.9 Å². The van der Waals surface area contributed by atoms with Crippen LogP contribution >= 0.6 is 0 Å². The van der Waals surface area contributed by atoms with E-state index in [1.54, 1.807) is 0 Å². The summed E-state index contributed by atoms with van der Waals surface area (Å²) >= 11 is 0. The highest BCUT2D eigenvalue weighted by molar-refractivity contribution is 5.93. The second-order valence-electron chi connectivity index (χ2n) is 11.4. The molecule has 2 aliphatic carbocycles. The zero-order valence-corrected chi connectivity index (χ0v) is 23.6. The number of amides is 3. The van der Waals surface area contributed by atoms with E-state index in [-0.39, 0.29) is 42.4 Å². The molecule has 0 aromatic carbocycles. The van der Waals surface area contributed by atoms with E-state index in [1.807, 2.05) is 0 Å². The second-order valence-corrected chi connectivity index (χ2v) is 11.4. The summed E-state index contributed by atoms with van der Waals surface area (Å²) in [5, 5.41) is 16.6. The Labute approximate surface area is 246 Å². The maximum absolute atomic E-state index is 14.2. The number of rotatable bonds is 11. The van der Waals surface area contributed by atoms with E-state index in [0.29, 0.717) is 11.3 Å². The van der Waals surface area contributed by atoms with E-state index in [9.17, 15) is 31.5 Å². The zero-order valence-electron chi connectivity index (χ0n) is 23.6. The van der Waals surface area contributed by atoms with E-state index in [4.69, 9.17) is 14.1 Å². The number of halogens is 5. The van der Waals surface area contributed by atoms with Crippen LogP contribution in [-0.2, 0) is 9.47 Å². The van der Waals surface area contributed by atoms with E-state index >= 15 is 0 Å². The van der Waals surface area contributed by atoms with Crippen molar-refractivity contribution in [1.29, 1.82) is 0 Å². The standard InChI is InChI=1S/C26H29F5N8O5/c1-13(43-24(5-6-24)26(29,30)31)19(35-22(40)21-20(14-3-4-14)36-44-37-21)16-9-39-18(34-16)7-15(8-33-39)17(10-42-2)38-12-25(27,28)11-32-23(38)41/h7-9,13-14,17,19H,3-6,10-12H2,1-2H3,(H,32,41)(H,35,40). The van der Waals surface area contributed by atoms with Crippen molar-refractivity contribution in [2.45, 2.75) is 74.4 Å². The summed E-state index contributed by atoms with van der Waals surface area (Å²) in [6.45, 7) is -0.376. The first-order valence-electron chi connectivity index (χ1n) is 14.0. The summed E-state index contributed by atoms with van der Waals surface area (Å²) in [4.78, 5) is 31.2. The molecule has 1 aliphatic heterocycles. The summed E-state index contributed by atoms with van der Waals surface area (Å²) < 4.78 is 86.5. The lowest BCUT2D eigenvalue weighted by Crippen LogP contribution is -2.58. The number of aromatic nitrogens is 5. The van der Waals surface area contributed by atoms with Gasteiger partial charge < -0.3 is 25.0 Å². The van der Waals surface area contributed by atoms with Crippen molar-refractivity contribution in [2.24, 2.45) is 0 Å². The molecule has 1 saturated heterocycles. The lowest BCUT2D eigenvalue weighted by atomic mass is 10.1. The number of carbonyl (C=O) groups is 2. The third-order valence-electron chi connectivity index (χ3n) is 8.01. The van der Waals surface area contributed by atoms with Crippen molar-refractivity contribution in [2.75, 3.05) is 26.8 Å². The first-order chi connectivity index (χ1) is 20.8. The van der Waals surface area contributed by atoms with Crippen molar-refractivity contribution in [1.82, 2.24) is 40.4 Å². The maximum Gasteiger partial charge on any atom is 0.417 e. The van der Waals surface area contributed by atoms with Crippen LogP contribution in [0.25, 0.3) is 5.65 Å². The van der Waals surface area contributed by atoms with Crippen LogP contribution in [0.4, 0.5) is 26.7 Å². The van der Waals surface area contributed by atoms with Crippen LogP contribution in [0, 0.1) is 0 Å². The fourth-order valence-corrected chi connectivity index (χ4v) is 5.33. The quantitative estimate of drug-likeness (QED) is 0.305. The number of fused-ring (bicyclic) bond motifs is 1. The molecule has 2 saturated carbocycles. The third kappa shape index (κ3) is 5.79. The Bertz CT molecular complexity index is 1550. The molecule has 0 spiro atoms. The molecule has 0 bridgehead atoms. The number of carbonyl (C=O) groups excluding carboxylic acids is 2. The van der Waals surface area contributed by atoms with Gasteiger partial charge >= 0.3 is 12.2 Å². The van der Waals surface area contributed by atoms with Gasteiger partial charge in [0.25, 0.3) is 11.8 Å². The molecule has 0 radical (unpaired) electrons.